The highest BCUT2D eigenvalue weighted by atomic mass is 32.2. The zero-order chi connectivity index (χ0) is 19.4. The van der Waals surface area contributed by atoms with Gasteiger partial charge in [-0.1, -0.05) is 6.42 Å². The number of amides is 1. The zero-order valence-electron chi connectivity index (χ0n) is 14.8. The molecule has 0 aliphatic carbocycles. The van der Waals surface area contributed by atoms with E-state index >= 15 is 0 Å². The fourth-order valence-electron chi connectivity index (χ4n) is 2.91. The molecule has 1 fully saturated rings. The number of rotatable bonds is 5. The van der Waals surface area contributed by atoms with Crippen molar-refractivity contribution in [3.8, 4) is 0 Å². The summed E-state index contributed by atoms with van der Waals surface area (Å²) in [5, 5.41) is 4.28. The Kier molecular flexibility index (Phi) is 5.93. The molecule has 1 N–H and O–H groups in total. The summed E-state index contributed by atoms with van der Waals surface area (Å²) in [5.41, 5.74) is 0.822. The maximum absolute atomic E-state index is 12.9. The van der Waals surface area contributed by atoms with Crippen LogP contribution in [0.4, 0.5) is 5.69 Å². The van der Waals surface area contributed by atoms with Crippen LogP contribution >= 0.6 is 11.3 Å². The van der Waals surface area contributed by atoms with Crippen molar-refractivity contribution in [1.82, 2.24) is 4.31 Å². The lowest BCUT2D eigenvalue weighted by Crippen LogP contribution is -2.36. The normalized spacial score (nSPS) is 15.3. The molecule has 1 aromatic carbocycles. The first-order chi connectivity index (χ1) is 12.9. The predicted molar refractivity (Wildman–Crippen MR) is 103 cm³/mol. The van der Waals surface area contributed by atoms with Gasteiger partial charge in [0.05, 0.1) is 12.7 Å². The van der Waals surface area contributed by atoms with Crippen LogP contribution in [0.2, 0.25) is 0 Å². The van der Waals surface area contributed by atoms with Crippen LogP contribution in [0.25, 0.3) is 0 Å². The van der Waals surface area contributed by atoms with Crippen molar-refractivity contribution >= 4 is 38.9 Å². The van der Waals surface area contributed by atoms with Crippen LogP contribution in [0.15, 0.2) is 40.6 Å². The van der Waals surface area contributed by atoms with E-state index in [9.17, 15) is 18.0 Å². The summed E-state index contributed by atoms with van der Waals surface area (Å²) in [6, 6.07) is 7.67. The molecule has 0 saturated carbocycles. The molecule has 2 aromatic rings. The van der Waals surface area contributed by atoms with Gasteiger partial charge in [0, 0.05) is 18.8 Å². The predicted octanol–water partition coefficient (Wildman–Crippen LogP) is 2.96. The van der Waals surface area contributed by atoms with Gasteiger partial charge < -0.3 is 10.1 Å². The Balaban J connectivity index is 1.78. The maximum Gasteiger partial charge on any atom is 0.337 e. The largest absolute Gasteiger partial charge is 0.465 e. The van der Waals surface area contributed by atoms with Gasteiger partial charge in [0.1, 0.15) is 9.77 Å². The molecule has 1 aliphatic heterocycles. The van der Waals surface area contributed by atoms with Crippen LogP contribution in [0, 0.1) is 0 Å². The smallest absolute Gasteiger partial charge is 0.337 e. The molecule has 1 aliphatic rings. The number of nitrogens with one attached hydrogen (secondary N) is 1. The molecule has 1 saturated heterocycles. The van der Waals surface area contributed by atoms with E-state index in [1.807, 2.05) is 0 Å². The highest BCUT2D eigenvalue weighted by molar-refractivity contribution is 7.89. The van der Waals surface area contributed by atoms with Crippen molar-refractivity contribution in [2.75, 3.05) is 25.5 Å². The average molecular weight is 409 g/mol. The third-order valence-electron chi connectivity index (χ3n) is 4.33. The average Bonchev–Trinajstić information content (AvgIpc) is 3.19. The van der Waals surface area contributed by atoms with E-state index in [1.54, 1.807) is 17.5 Å². The lowest BCUT2D eigenvalue weighted by atomic mass is 10.2. The number of nitrogens with zero attached hydrogens (tertiary/aromatic N) is 1. The van der Waals surface area contributed by atoms with Crippen molar-refractivity contribution in [1.29, 1.82) is 0 Å². The van der Waals surface area contributed by atoms with E-state index in [1.165, 1.54) is 29.6 Å². The molecule has 3 rings (SSSR count). The lowest BCUT2D eigenvalue weighted by Gasteiger charge is -2.25. The van der Waals surface area contributed by atoms with Crippen molar-refractivity contribution in [2.45, 2.75) is 24.2 Å². The van der Waals surface area contributed by atoms with Crippen molar-refractivity contribution in [2.24, 2.45) is 0 Å². The summed E-state index contributed by atoms with van der Waals surface area (Å²) in [5.74, 6) is -0.965. The minimum atomic E-state index is -3.69. The summed E-state index contributed by atoms with van der Waals surface area (Å²) in [7, 11) is -2.40. The first kappa shape index (κ1) is 19.5. The van der Waals surface area contributed by atoms with Gasteiger partial charge in [-0.2, -0.15) is 4.31 Å². The highest BCUT2D eigenvalue weighted by Gasteiger charge is 2.31. The molecule has 9 heteroatoms. The number of ether oxygens (including phenoxy) is 1. The molecule has 1 aromatic heterocycles. The lowest BCUT2D eigenvalue weighted by molar-refractivity contribution is 0.0600. The number of methoxy groups -OCH3 is 1. The molecule has 27 heavy (non-hydrogen) atoms. The summed E-state index contributed by atoms with van der Waals surface area (Å²) in [6.45, 7) is 0.961. The number of benzene rings is 1. The van der Waals surface area contributed by atoms with E-state index in [2.05, 4.69) is 10.1 Å². The Bertz CT molecular complexity index is 929. The Morgan fingerprint density at radius 1 is 1.07 bits per heavy atom. The first-order valence-corrected chi connectivity index (χ1v) is 10.8. The number of thiophene rings is 1. The van der Waals surface area contributed by atoms with Crippen molar-refractivity contribution in [3.63, 3.8) is 0 Å². The second-order valence-electron chi connectivity index (χ2n) is 6.10. The van der Waals surface area contributed by atoms with Gasteiger partial charge >= 0.3 is 5.97 Å². The van der Waals surface area contributed by atoms with Crippen LogP contribution in [-0.2, 0) is 14.8 Å². The molecule has 1 amide bonds. The van der Waals surface area contributed by atoms with Crippen LogP contribution in [0.5, 0.6) is 0 Å². The van der Waals surface area contributed by atoms with Gasteiger partial charge in [0.15, 0.2) is 0 Å². The quantitative estimate of drug-likeness (QED) is 0.768. The Hall–Kier alpha value is -2.23. The molecule has 144 valence electrons. The Labute approximate surface area is 162 Å². The van der Waals surface area contributed by atoms with Crippen LogP contribution in [-0.4, -0.2) is 44.8 Å². The number of sulfonamides is 1. The fraction of sp³-hybridized carbons (Fsp3) is 0.333. The Morgan fingerprint density at radius 3 is 2.37 bits per heavy atom. The molecular weight excluding hydrogens is 388 g/mol. The number of anilines is 1. The van der Waals surface area contributed by atoms with E-state index in [4.69, 9.17) is 0 Å². The fourth-order valence-corrected chi connectivity index (χ4v) is 5.72. The molecule has 2 heterocycles. The second kappa shape index (κ2) is 8.20. The molecule has 0 spiro atoms. The maximum atomic E-state index is 12.9. The molecule has 0 radical (unpaired) electrons. The summed E-state index contributed by atoms with van der Waals surface area (Å²) in [4.78, 5) is 24.3. The molecular formula is C18H20N2O5S2. The number of carbonyl (C=O) groups is 2. The van der Waals surface area contributed by atoms with Gasteiger partial charge in [0.2, 0.25) is 10.0 Å². The van der Waals surface area contributed by atoms with E-state index in [0.29, 0.717) is 24.3 Å². The minimum Gasteiger partial charge on any atom is -0.465 e. The van der Waals surface area contributed by atoms with Gasteiger partial charge in [-0.15, -0.1) is 11.3 Å². The summed E-state index contributed by atoms with van der Waals surface area (Å²) in [6.07, 6.45) is 2.68. The SMILES string of the molecule is COC(=O)c1ccc(NC(=O)c2sccc2S(=O)(=O)N2CCCCC2)cc1. The van der Waals surface area contributed by atoms with Crippen molar-refractivity contribution < 1.29 is 22.7 Å². The number of hydrogen-bond acceptors (Lipinski definition) is 6. The van der Waals surface area contributed by atoms with E-state index in [0.717, 1.165) is 30.6 Å². The monoisotopic (exact) mass is 408 g/mol. The molecule has 0 unspecified atom stereocenters. The third-order valence-corrected chi connectivity index (χ3v) is 7.32. The second-order valence-corrected chi connectivity index (χ2v) is 8.92. The molecule has 0 bridgehead atoms. The van der Waals surface area contributed by atoms with Gasteiger partial charge in [0.25, 0.3) is 5.91 Å². The van der Waals surface area contributed by atoms with Crippen LogP contribution in [0.3, 0.4) is 0 Å². The minimum absolute atomic E-state index is 0.0399. The van der Waals surface area contributed by atoms with Crippen molar-refractivity contribution in [3.05, 3.63) is 46.2 Å². The first-order valence-electron chi connectivity index (χ1n) is 8.51. The Morgan fingerprint density at radius 2 is 1.74 bits per heavy atom. The topological polar surface area (TPSA) is 92.8 Å². The van der Waals surface area contributed by atoms with Gasteiger partial charge in [-0.05, 0) is 48.6 Å². The summed E-state index contributed by atoms with van der Waals surface area (Å²) < 4.78 is 31.8. The summed E-state index contributed by atoms with van der Waals surface area (Å²) >= 11 is 1.09. The van der Waals surface area contributed by atoms with Crippen LogP contribution in [0.1, 0.15) is 39.3 Å². The number of hydrogen-bond donors (Lipinski definition) is 1. The number of piperidine rings is 1. The number of carbonyl (C=O) groups excluding carboxylic acids is 2. The molecule has 0 atom stereocenters. The van der Waals surface area contributed by atoms with Gasteiger partial charge in [-0.25, -0.2) is 13.2 Å². The molecule has 7 nitrogen and oxygen atoms in total. The zero-order valence-corrected chi connectivity index (χ0v) is 16.4. The van der Waals surface area contributed by atoms with E-state index < -0.39 is 21.9 Å². The van der Waals surface area contributed by atoms with E-state index in [-0.39, 0.29) is 9.77 Å². The van der Waals surface area contributed by atoms with Crippen LogP contribution < -0.4 is 5.32 Å². The van der Waals surface area contributed by atoms with Gasteiger partial charge in [-0.3, -0.25) is 4.79 Å². The third kappa shape index (κ3) is 4.20. The highest BCUT2D eigenvalue weighted by Crippen LogP contribution is 2.28. The number of esters is 1. The standard InChI is InChI=1S/C18H20N2O5S2/c1-25-18(22)13-5-7-14(8-6-13)19-17(21)16-15(9-12-26-16)27(23,24)20-10-3-2-4-11-20/h5-9,12H,2-4,10-11H2,1H3,(H,19,21).